The Hall–Kier alpha value is -6.83. The van der Waals surface area contributed by atoms with Crippen LogP contribution in [0.2, 0.25) is 0 Å². The van der Waals surface area contributed by atoms with Crippen LogP contribution >= 0.6 is 14.3 Å². The van der Waals surface area contributed by atoms with Crippen molar-refractivity contribution in [2.24, 2.45) is 0 Å². The van der Waals surface area contributed by atoms with Crippen molar-refractivity contribution < 1.29 is 9.13 Å². The average Bonchev–Trinajstić information content (AvgIpc) is 3.91. The fourth-order valence-corrected chi connectivity index (χ4v) is 16.5. The lowest BCUT2D eigenvalue weighted by Crippen LogP contribution is -2.21. The van der Waals surface area contributed by atoms with E-state index in [1.807, 2.05) is 84.9 Å². The van der Waals surface area contributed by atoms with Gasteiger partial charge in [-0.15, -0.1) is 0 Å². The van der Waals surface area contributed by atoms with E-state index in [0.717, 1.165) is 114 Å². The number of aromatic nitrogens is 2. The molecule has 0 atom stereocenters. The Balaban J connectivity index is 1.01. The van der Waals surface area contributed by atoms with Crippen LogP contribution in [0.4, 0.5) is 0 Å². The van der Waals surface area contributed by atoms with Gasteiger partial charge in [-0.25, -0.2) is 4.98 Å². The third-order valence-corrected chi connectivity index (χ3v) is 19.1. The van der Waals surface area contributed by atoms with Gasteiger partial charge in [0.15, 0.2) is 14.3 Å². The molecule has 4 heterocycles. The Labute approximate surface area is 339 Å². The lowest BCUT2D eigenvalue weighted by atomic mass is 9.94. The van der Waals surface area contributed by atoms with Crippen LogP contribution in [-0.4, -0.2) is 9.38 Å². The van der Waals surface area contributed by atoms with E-state index in [0.29, 0.717) is 0 Å². The highest BCUT2D eigenvalue weighted by atomic mass is 31.2. The first-order chi connectivity index (χ1) is 29.0. The molecule has 0 spiro atoms. The number of imidazole rings is 1. The van der Waals surface area contributed by atoms with Crippen LogP contribution < -0.4 is 31.8 Å². The molecule has 11 aromatic rings. The molecule has 2 aliphatic rings. The molecule has 0 N–H and O–H groups in total. The normalized spacial score (nSPS) is 14.5. The summed E-state index contributed by atoms with van der Waals surface area (Å²) in [6.45, 7) is 0. The van der Waals surface area contributed by atoms with Gasteiger partial charge in [0.2, 0.25) is 0 Å². The van der Waals surface area contributed by atoms with Crippen molar-refractivity contribution in [2.45, 2.75) is 0 Å². The zero-order valence-corrected chi connectivity index (χ0v) is 33.4. The molecule has 9 aromatic carbocycles. The standard InChI is InChI=1S/C53H32N2O2P2/c56-58(46-22-7-2-13-38(46)39-14-3-8-23-47(39)58)36-30-29-33-31-35(28-27-34(33)32-36)37-18-11-19-43-51(37)42-17-1-6-20-44(42)55-45-21-12-26-50(52(45)54-53(43)55)59(57)48-24-9-4-15-40(48)41-16-5-10-25-49(41)59/h1-32H. The average molecular weight is 791 g/mol. The minimum atomic E-state index is -3.25. The van der Waals surface area contributed by atoms with Crippen LogP contribution in [0.5, 0.6) is 0 Å². The molecule has 0 radical (unpaired) electrons. The Kier molecular flexibility index (Phi) is 6.67. The lowest BCUT2D eigenvalue weighted by molar-refractivity contribution is 0.592. The predicted octanol–water partition coefficient (Wildman–Crippen LogP) is 10.9. The van der Waals surface area contributed by atoms with Crippen LogP contribution in [0.3, 0.4) is 0 Å². The fourth-order valence-electron chi connectivity index (χ4n) is 10.2. The third kappa shape index (κ3) is 4.27. The molecule has 0 saturated carbocycles. The predicted molar refractivity (Wildman–Crippen MR) is 247 cm³/mol. The van der Waals surface area contributed by atoms with Crippen molar-refractivity contribution in [3.63, 3.8) is 0 Å². The number of benzene rings is 9. The van der Waals surface area contributed by atoms with Gasteiger partial charge in [-0.1, -0.05) is 164 Å². The van der Waals surface area contributed by atoms with Gasteiger partial charge in [0.25, 0.3) is 0 Å². The second-order valence-electron chi connectivity index (χ2n) is 15.7. The molecule has 0 aliphatic carbocycles. The zero-order chi connectivity index (χ0) is 39.0. The lowest BCUT2D eigenvalue weighted by Gasteiger charge is -2.17. The van der Waals surface area contributed by atoms with Gasteiger partial charge in [0, 0.05) is 48.0 Å². The molecule has 59 heavy (non-hydrogen) atoms. The first kappa shape index (κ1) is 33.2. The van der Waals surface area contributed by atoms with E-state index >= 15 is 9.13 Å². The molecule has 0 unspecified atom stereocenters. The molecule has 2 aliphatic heterocycles. The Morgan fingerprint density at radius 1 is 0.390 bits per heavy atom. The van der Waals surface area contributed by atoms with Gasteiger partial charge in [-0.3, -0.25) is 4.40 Å². The number of rotatable bonds is 3. The Morgan fingerprint density at radius 3 is 1.56 bits per heavy atom. The van der Waals surface area contributed by atoms with E-state index in [9.17, 15) is 0 Å². The largest absolute Gasteiger partial charge is 0.309 e. The minimum Gasteiger partial charge on any atom is -0.309 e. The molecule has 13 rings (SSSR count). The maximum absolute atomic E-state index is 15.8. The van der Waals surface area contributed by atoms with Crippen molar-refractivity contribution in [1.82, 2.24) is 9.38 Å². The summed E-state index contributed by atoms with van der Waals surface area (Å²) < 4.78 is 33.3. The van der Waals surface area contributed by atoms with E-state index in [4.69, 9.17) is 4.98 Å². The maximum atomic E-state index is 15.8. The number of para-hydroxylation sites is 2. The molecule has 276 valence electrons. The SMILES string of the molecule is O=P1(c2ccc3cc(-c4cccc5c4c4ccccc4n4c6cccc(P7(=O)c8ccccc8-c8ccccc87)c6nc54)ccc3c2)c2ccccc2-c2ccccc21. The van der Waals surface area contributed by atoms with Gasteiger partial charge in [-0.05, 0) is 74.5 Å². The van der Waals surface area contributed by atoms with E-state index in [1.165, 1.54) is 0 Å². The smallest absolute Gasteiger partial charge is 0.174 e. The summed E-state index contributed by atoms with van der Waals surface area (Å²) in [5, 5.41) is 10.6. The highest BCUT2D eigenvalue weighted by Gasteiger charge is 2.42. The fraction of sp³-hybridized carbons (Fsp3) is 0. The van der Waals surface area contributed by atoms with Crippen LogP contribution in [0.25, 0.3) is 82.5 Å². The summed E-state index contributed by atoms with van der Waals surface area (Å²) in [6.07, 6.45) is 0. The zero-order valence-electron chi connectivity index (χ0n) is 31.6. The van der Waals surface area contributed by atoms with Gasteiger partial charge in [0.05, 0.1) is 11.0 Å². The Morgan fingerprint density at radius 2 is 0.881 bits per heavy atom. The second kappa shape index (κ2) is 11.9. The maximum Gasteiger partial charge on any atom is 0.174 e. The second-order valence-corrected chi connectivity index (χ2v) is 21.1. The molecule has 2 aromatic heterocycles. The van der Waals surface area contributed by atoms with Gasteiger partial charge < -0.3 is 9.13 Å². The molecule has 0 bridgehead atoms. The molecular weight excluding hydrogens is 759 g/mol. The summed E-state index contributed by atoms with van der Waals surface area (Å²) >= 11 is 0. The molecule has 6 heteroatoms. The first-order valence-corrected chi connectivity index (χ1v) is 23.3. The van der Waals surface area contributed by atoms with Crippen LogP contribution in [0.1, 0.15) is 0 Å². The van der Waals surface area contributed by atoms with Crippen LogP contribution in [0.15, 0.2) is 194 Å². The van der Waals surface area contributed by atoms with Gasteiger partial charge >= 0.3 is 0 Å². The van der Waals surface area contributed by atoms with Crippen molar-refractivity contribution >= 4 is 95.2 Å². The monoisotopic (exact) mass is 790 g/mol. The van der Waals surface area contributed by atoms with Crippen molar-refractivity contribution in [3.05, 3.63) is 194 Å². The van der Waals surface area contributed by atoms with E-state index in [1.54, 1.807) is 0 Å². The molecule has 0 saturated heterocycles. The van der Waals surface area contributed by atoms with Crippen LogP contribution in [-0.2, 0) is 9.13 Å². The molecule has 4 nitrogen and oxygen atoms in total. The highest BCUT2D eigenvalue weighted by Crippen LogP contribution is 2.54. The summed E-state index contributed by atoms with van der Waals surface area (Å²) in [5.74, 6) is 0. The summed E-state index contributed by atoms with van der Waals surface area (Å²) in [4.78, 5) is 5.46. The number of hydrogen-bond donors (Lipinski definition) is 0. The highest BCUT2D eigenvalue weighted by molar-refractivity contribution is 7.87. The van der Waals surface area contributed by atoms with Crippen molar-refractivity contribution in [2.75, 3.05) is 0 Å². The third-order valence-electron chi connectivity index (χ3n) is 12.8. The quantitative estimate of drug-likeness (QED) is 0.132. The molecule has 0 amide bonds. The van der Waals surface area contributed by atoms with E-state index in [-0.39, 0.29) is 0 Å². The number of hydrogen-bond acceptors (Lipinski definition) is 3. The molecular formula is C53H32N2O2P2. The van der Waals surface area contributed by atoms with Gasteiger partial charge in [-0.2, -0.15) is 0 Å². The number of fused-ring (bicyclic) bond motifs is 15. The summed E-state index contributed by atoms with van der Waals surface area (Å²) in [5.41, 5.74) is 9.96. The van der Waals surface area contributed by atoms with Gasteiger partial charge in [0.1, 0.15) is 11.2 Å². The topological polar surface area (TPSA) is 51.4 Å². The molecule has 0 fully saturated rings. The van der Waals surface area contributed by atoms with E-state index in [2.05, 4.69) is 114 Å². The Bertz CT molecular complexity index is 3670. The van der Waals surface area contributed by atoms with Crippen molar-refractivity contribution in [3.8, 4) is 33.4 Å². The summed E-state index contributed by atoms with van der Waals surface area (Å²) in [7, 11) is -6.29. The number of pyridine rings is 1. The van der Waals surface area contributed by atoms with E-state index < -0.39 is 14.3 Å². The minimum absolute atomic E-state index is 0.762. The summed E-state index contributed by atoms with van der Waals surface area (Å²) in [6, 6.07) is 66.6. The van der Waals surface area contributed by atoms with Crippen LogP contribution in [0, 0.1) is 0 Å². The first-order valence-electron chi connectivity index (χ1n) is 19.9. The van der Waals surface area contributed by atoms with Crippen molar-refractivity contribution in [1.29, 1.82) is 0 Å². The number of nitrogens with zero attached hydrogens (tertiary/aromatic N) is 2.